The minimum atomic E-state index is -3.89. The quantitative estimate of drug-likeness (QED) is 0.266. The van der Waals surface area contributed by atoms with Crippen molar-refractivity contribution in [1.29, 1.82) is 0 Å². The minimum Gasteiger partial charge on any atom is -0.207 e. The van der Waals surface area contributed by atoms with Crippen molar-refractivity contribution in [2.45, 2.75) is 35.5 Å². The molecule has 2 N–H and O–H groups in total. The molecule has 9 nitrogen and oxygen atoms in total. The summed E-state index contributed by atoms with van der Waals surface area (Å²) in [4.78, 5) is 0.400. The van der Waals surface area contributed by atoms with Crippen LogP contribution < -0.4 is 9.44 Å². The van der Waals surface area contributed by atoms with Crippen LogP contribution in [0.15, 0.2) is 112 Å². The van der Waals surface area contributed by atoms with Gasteiger partial charge in [-0.1, -0.05) is 77.4 Å². The second-order valence-electron chi connectivity index (χ2n) is 9.41. The Morgan fingerprint density at radius 2 is 0.829 bits per heavy atom. The van der Waals surface area contributed by atoms with Crippen LogP contribution in [-0.4, -0.2) is 55.7 Å². The van der Waals surface area contributed by atoms with Crippen molar-refractivity contribution >= 4 is 30.1 Å². The first-order valence-electron chi connectivity index (χ1n) is 12.8. The van der Waals surface area contributed by atoms with Gasteiger partial charge in [-0.15, -0.1) is 0 Å². The fourth-order valence-corrected chi connectivity index (χ4v) is 6.89. The number of sulfonamides is 3. The van der Waals surface area contributed by atoms with Gasteiger partial charge in [0.2, 0.25) is 30.1 Å². The van der Waals surface area contributed by atoms with E-state index in [0.717, 1.165) is 16.7 Å². The van der Waals surface area contributed by atoms with E-state index in [0.29, 0.717) is 0 Å². The van der Waals surface area contributed by atoms with Crippen molar-refractivity contribution in [2.75, 3.05) is 26.2 Å². The predicted molar refractivity (Wildman–Crippen MR) is 161 cm³/mol. The molecule has 220 valence electrons. The topological polar surface area (TPSA) is 130 Å². The Balaban J connectivity index is 1.65. The van der Waals surface area contributed by atoms with Crippen molar-refractivity contribution < 1.29 is 25.3 Å². The van der Waals surface area contributed by atoms with Crippen LogP contribution in [0.5, 0.6) is 0 Å². The third kappa shape index (κ3) is 9.45. The van der Waals surface area contributed by atoms with Crippen LogP contribution in [0.3, 0.4) is 0 Å². The highest BCUT2D eigenvalue weighted by molar-refractivity contribution is 7.90. The van der Waals surface area contributed by atoms with Gasteiger partial charge in [0.1, 0.15) is 0 Å². The van der Waals surface area contributed by atoms with Gasteiger partial charge < -0.3 is 0 Å². The summed E-state index contributed by atoms with van der Waals surface area (Å²) in [6, 6.07) is 19.4. The van der Waals surface area contributed by atoms with Crippen LogP contribution in [0.2, 0.25) is 0 Å². The molecule has 12 heteroatoms. The molecule has 0 saturated heterocycles. The van der Waals surface area contributed by atoms with Gasteiger partial charge in [-0.05, 0) is 57.2 Å². The molecule has 0 spiro atoms. The lowest BCUT2D eigenvalue weighted by atomic mass is 10.2. The number of nitrogens with zero attached hydrogens (tertiary/aromatic N) is 1. The Bertz CT molecular complexity index is 1590. The number of benzene rings is 3. The van der Waals surface area contributed by atoms with Gasteiger partial charge in [0.05, 0.1) is 14.7 Å². The first-order valence-corrected chi connectivity index (χ1v) is 17.2. The Labute approximate surface area is 243 Å². The lowest BCUT2D eigenvalue weighted by Gasteiger charge is -2.19. The van der Waals surface area contributed by atoms with Gasteiger partial charge >= 0.3 is 0 Å². The number of rotatable bonds is 14. The van der Waals surface area contributed by atoms with Crippen LogP contribution >= 0.6 is 0 Å². The average Bonchev–Trinajstić information content (AvgIpc) is 2.92. The van der Waals surface area contributed by atoms with Crippen molar-refractivity contribution in [2.24, 2.45) is 0 Å². The van der Waals surface area contributed by atoms with E-state index < -0.39 is 30.1 Å². The predicted octanol–water partition coefficient (Wildman–Crippen LogP) is 3.67. The standard InChI is InChI=1S/C29H35N3O6S3/c1-24-8-14-27(15-9-24)39(33,34)30-20-4-6-22-32(41(37,38)29-18-12-26(3)13-19-29)23-7-5-21-31-40(35,36)28-16-10-25(2)11-17-28/h4-19,30-31H,20-23H2,1-3H3/b6-4+,7-5+. The van der Waals surface area contributed by atoms with E-state index in [9.17, 15) is 25.3 Å². The number of hydrogen-bond donors (Lipinski definition) is 2. The molecule has 3 aromatic rings. The first-order chi connectivity index (χ1) is 19.3. The largest absolute Gasteiger partial charge is 0.243 e. The second kappa shape index (κ2) is 14.2. The first kappa shape index (κ1) is 32.4. The van der Waals surface area contributed by atoms with Gasteiger partial charge in [0, 0.05) is 26.2 Å². The van der Waals surface area contributed by atoms with Crippen LogP contribution in [-0.2, 0) is 30.1 Å². The Morgan fingerprint density at radius 3 is 1.17 bits per heavy atom. The van der Waals surface area contributed by atoms with E-state index in [-0.39, 0.29) is 40.9 Å². The summed E-state index contributed by atoms with van der Waals surface area (Å²) < 4.78 is 82.8. The molecule has 41 heavy (non-hydrogen) atoms. The smallest absolute Gasteiger partial charge is 0.207 e. The third-order valence-corrected chi connectivity index (χ3v) is 10.8. The molecule has 0 heterocycles. The monoisotopic (exact) mass is 617 g/mol. The highest BCUT2D eigenvalue weighted by atomic mass is 32.2. The fourth-order valence-electron chi connectivity index (χ4n) is 3.60. The summed E-state index contributed by atoms with van der Waals surface area (Å²) in [5, 5.41) is 0. The van der Waals surface area contributed by atoms with E-state index in [1.165, 1.54) is 40.7 Å². The van der Waals surface area contributed by atoms with E-state index >= 15 is 0 Å². The maximum Gasteiger partial charge on any atom is 0.243 e. The molecule has 0 aliphatic rings. The van der Waals surface area contributed by atoms with Crippen LogP contribution in [0.4, 0.5) is 0 Å². The zero-order chi connectivity index (χ0) is 30.1. The zero-order valence-corrected chi connectivity index (χ0v) is 25.6. The minimum absolute atomic E-state index is 0.0226. The van der Waals surface area contributed by atoms with Gasteiger partial charge in [0.25, 0.3) is 0 Å². The molecule has 0 amide bonds. The summed E-state index contributed by atoms with van der Waals surface area (Å²) in [6.45, 7) is 5.49. The van der Waals surface area contributed by atoms with E-state index in [1.807, 2.05) is 20.8 Å². The number of nitrogens with one attached hydrogen (secondary N) is 2. The van der Waals surface area contributed by atoms with Crippen LogP contribution in [0.25, 0.3) is 0 Å². The van der Waals surface area contributed by atoms with Gasteiger partial charge in [-0.25, -0.2) is 34.7 Å². The van der Waals surface area contributed by atoms with Crippen molar-refractivity contribution in [1.82, 2.24) is 13.7 Å². The molecule has 0 aliphatic heterocycles. The number of hydrogen-bond acceptors (Lipinski definition) is 6. The zero-order valence-electron chi connectivity index (χ0n) is 23.2. The second-order valence-corrected chi connectivity index (χ2v) is 14.9. The SMILES string of the molecule is Cc1ccc(S(=O)(=O)NC/C=C/CN(C/C=C/CNS(=O)(=O)c2ccc(C)cc2)S(=O)(=O)c2ccc(C)cc2)cc1. The fraction of sp³-hybridized carbons (Fsp3) is 0.241. The van der Waals surface area contributed by atoms with Gasteiger partial charge in [0.15, 0.2) is 0 Å². The summed E-state index contributed by atoms with van der Waals surface area (Å²) >= 11 is 0. The van der Waals surface area contributed by atoms with Crippen molar-refractivity contribution in [3.63, 3.8) is 0 Å². The molecule has 0 unspecified atom stereocenters. The molecule has 3 rings (SSSR count). The van der Waals surface area contributed by atoms with Crippen molar-refractivity contribution in [3.05, 3.63) is 114 Å². The highest BCUT2D eigenvalue weighted by Crippen LogP contribution is 2.17. The Kier molecular flexibility index (Phi) is 11.2. The summed E-state index contributed by atoms with van der Waals surface area (Å²) in [5.41, 5.74) is 2.80. The normalized spacial score (nSPS) is 13.0. The summed E-state index contributed by atoms with van der Waals surface area (Å²) in [5.74, 6) is 0. The maximum atomic E-state index is 13.3. The Morgan fingerprint density at radius 1 is 0.512 bits per heavy atom. The van der Waals surface area contributed by atoms with Gasteiger partial charge in [-0.2, -0.15) is 4.31 Å². The number of aryl methyl sites for hydroxylation is 3. The highest BCUT2D eigenvalue weighted by Gasteiger charge is 2.22. The molecule has 0 saturated carbocycles. The molecule has 0 fully saturated rings. The lowest BCUT2D eigenvalue weighted by molar-refractivity contribution is 0.473. The molecular formula is C29H35N3O6S3. The lowest BCUT2D eigenvalue weighted by Crippen LogP contribution is -2.32. The van der Waals surface area contributed by atoms with Gasteiger partial charge in [-0.3, -0.25) is 0 Å². The van der Waals surface area contributed by atoms with E-state index in [2.05, 4.69) is 9.44 Å². The Hall–Kier alpha value is -3.13. The molecule has 0 radical (unpaired) electrons. The average molecular weight is 618 g/mol. The molecular weight excluding hydrogens is 583 g/mol. The summed E-state index contributed by atoms with van der Waals surface area (Å²) in [7, 11) is -11.3. The van der Waals surface area contributed by atoms with E-state index in [4.69, 9.17) is 0 Å². The molecule has 3 aromatic carbocycles. The molecule has 0 aromatic heterocycles. The van der Waals surface area contributed by atoms with Crippen LogP contribution in [0.1, 0.15) is 16.7 Å². The molecule has 0 aliphatic carbocycles. The molecule has 0 atom stereocenters. The maximum absolute atomic E-state index is 13.3. The van der Waals surface area contributed by atoms with E-state index in [1.54, 1.807) is 60.7 Å². The molecule has 0 bridgehead atoms. The van der Waals surface area contributed by atoms with Crippen molar-refractivity contribution in [3.8, 4) is 0 Å². The van der Waals surface area contributed by atoms with Crippen LogP contribution in [0, 0.1) is 20.8 Å². The summed E-state index contributed by atoms with van der Waals surface area (Å²) in [6.07, 6.45) is 6.22. The third-order valence-electron chi connectivity index (χ3n) is 6.06.